The van der Waals surface area contributed by atoms with E-state index in [0.717, 1.165) is 54.8 Å². The van der Waals surface area contributed by atoms with Gasteiger partial charge in [0.25, 0.3) is 0 Å². The van der Waals surface area contributed by atoms with Crippen LogP contribution in [-0.2, 0) is 9.53 Å². The van der Waals surface area contributed by atoms with Crippen molar-refractivity contribution in [2.24, 2.45) is 46.3 Å². The molecule has 0 saturated heterocycles. The molecular weight excluding hydrogens is 708 g/mol. The van der Waals surface area contributed by atoms with E-state index in [4.69, 9.17) is 4.74 Å². The minimum atomic E-state index is 0.00968. The zero-order valence-corrected chi connectivity index (χ0v) is 35.0. The average Bonchev–Trinajstić information content (AvgIpc) is 3.38. The molecule has 4 heteroatoms. The second-order valence-electron chi connectivity index (χ2n) is 18.2. The second-order valence-corrected chi connectivity index (χ2v) is 20.8. The monoisotopic (exact) mass is 782 g/mol. The van der Waals surface area contributed by atoms with Gasteiger partial charge >= 0.3 is 5.97 Å². The van der Waals surface area contributed by atoms with Crippen molar-refractivity contribution in [2.75, 3.05) is 0 Å². The summed E-state index contributed by atoms with van der Waals surface area (Å²) in [6.07, 6.45) is 32.4. The highest BCUT2D eigenvalue weighted by Crippen LogP contribution is 2.71. The minimum Gasteiger partial charge on any atom is -0.462 e. The highest BCUT2D eigenvalue weighted by atomic mass is 79.9. The Morgan fingerprint density at radius 1 is 0.766 bits per heavy atom. The number of esters is 1. The Morgan fingerprint density at radius 3 is 2.00 bits per heavy atom. The van der Waals surface area contributed by atoms with Crippen molar-refractivity contribution in [3.8, 4) is 0 Å². The smallest absolute Gasteiger partial charge is 0.306 e. The number of carbonyl (C=O) groups excluding carboxylic acids is 1. The van der Waals surface area contributed by atoms with Crippen LogP contribution in [0.5, 0.6) is 0 Å². The largest absolute Gasteiger partial charge is 0.462 e. The molecule has 274 valence electrons. The van der Waals surface area contributed by atoms with E-state index >= 15 is 0 Å². The maximum atomic E-state index is 13.0. The third kappa shape index (κ3) is 9.86. The fraction of sp³-hybridized carbons (Fsp3) is 0.977. The van der Waals surface area contributed by atoms with Gasteiger partial charge in [0, 0.05) is 22.0 Å². The highest BCUT2D eigenvalue weighted by molar-refractivity contribution is 9.12. The Labute approximate surface area is 309 Å². The fourth-order valence-electron chi connectivity index (χ4n) is 11.8. The van der Waals surface area contributed by atoms with Crippen LogP contribution in [0.4, 0.5) is 0 Å². The summed E-state index contributed by atoms with van der Waals surface area (Å²) in [4.78, 5) is 13.4. The molecule has 0 bridgehead atoms. The zero-order chi connectivity index (χ0) is 34.1. The minimum absolute atomic E-state index is 0.00968. The molecule has 0 aromatic rings. The van der Waals surface area contributed by atoms with Crippen LogP contribution in [0.25, 0.3) is 0 Å². The summed E-state index contributed by atoms with van der Waals surface area (Å²) < 4.78 is 6.23. The van der Waals surface area contributed by atoms with Crippen LogP contribution in [0.2, 0.25) is 0 Å². The van der Waals surface area contributed by atoms with Crippen molar-refractivity contribution in [2.45, 2.75) is 217 Å². The predicted molar refractivity (Wildman–Crippen MR) is 210 cm³/mol. The lowest BCUT2D eigenvalue weighted by molar-refractivity contribution is -0.158. The van der Waals surface area contributed by atoms with Gasteiger partial charge in [0.1, 0.15) is 6.10 Å². The van der Waals surface area contributed by atoms with Crippen molar-refractivity contribution in [1.82, 2.24) is 0 Å². The average molecular weight is 785 g/mol. The maximum Gasteiger partial charge on any atom is 0.306 e. The molecule has 0 N–H and O–H groups in total. The highest BCUT2D eigenvalue weighted by Gasteiger charge is 2.67. The van der Waals surface area contributed by atoms with Crippen LogP contribution < -0.4 is 0 Å². The predicted octanol–water partition coefficient (Wildman–Crippen LogP) is 14.4. The van der Waals surface area contributed by atoms with E-state index in [2.05, 4.69) is 73.4 Å². The Bertz CT molecular complexity index is 937. The van der Waals surface area contributed by atoms with E-state index in [0.29, 0.717) is 16.7 Å². The Kier molecular flexibility index (Phi) is 16.1. The Balaban J connectivity index is 1.19. The van der Waals surface area contributed by atoms with E-state index in [9.17, 15) is 4.79 Å². The number of alkyl halides is 2. The molecule has 4 saturated carbocycles. The molecule has 0 heterocycles. The first-order chi connectivity index (χ1) is 22.5. The van der Waals surface area contributed by atoms with Crippen LogP contribution in [0.15, 0.2) is 0 Å². The molecule has 0 aliphatic heterocycles. The molecule has 4 fully saturated rings. The zero-order valence-electron chi connectivity index (χ0n) is 31.9. The van der Waals surface area contributed by atoms with Gasteiger partial charge in [-0.25, -0.2) is 0 Å². The molecule has 4 aliphatic carbocycles. The third-order valence-corrected chi connectivity index (χ3v) is 18.2. The third-order valence-electron chi connectivity index (χ3n) is 14.7. The number of fused-ring (bicyclic) bond motifs is 5. The first kappa shape index (κ1) is 40.2. The fourth-order valence-corrected chi connectivity index (χ4v) is 14.0. The normalized spacial score (nSPS) is 37.3. The van der Waals surface area contributed by atoms with Gasteiger partial charge in [0.2, 0.25) is 0 Å². The standard InChI is InChI=1S/C43H76Br2O2/c1-7-8-9-10-11-12-13-14-15-16-17-18-19-23-40(46)47-34-26-29-42(6)38-27-28-41(5)36(33(4)22-20-21-32(2)3)24-25-37(41)35(38)30-39(44)43(42,45)31-34/h32-39H,7-31H2,1-6H3. The van der Waals surface area contributed by atoms with Gasteiger partial charge in [0.15, 0.2) is 0 Å². The Hall–Kier alpha value is 0.430. The summed E-state index contributed by atoms with van der Waals surface area (Å²) in [7, 11) is 0. The molecule has 2 nitrogen and oxygen atoms in total. The number of halogens is 2. The van der Waals surface area contributed by atoms with E-state index in [1.165, 1.54) is 135 Å². The van der Waals surface area contributed by atoms with Crippen LogP contribution in [-0.4, -0.2) is 21.2 Å². The van der Waals surface area contributed by atoms with Gasteiger partial charge in [-0.2, -0.15) is 0 Å². The molecular formula is C43H76Br2O2. The number of unbranched alkanes of at least 4 members (excludes halogenated alkanes) is 12. The van der Waals surface area contributed by atoms with Gasteiger partial charge < -0.3 is 4.74 Å². The number of hydrogen-bond acceptors (Lipinski definition) is 2. The number of hydrogen-bond donors (Lipinski definition) is 0. The Morgan fingerprint density at radius 2 is 1.38 bits per heavy atom. The molecule has 47 heavy (non-hydrogen) atoms. The number of ether oxygens (including phenoxy) is 1. The van der Waals surface area contributed by atoms with Crippen LogP contribution in [0.3, 0.4) is 0 Å². The van der Waals surface area contributed by atoms with Crippen LogP contribution in [0, 0.1) is 46.3 Å². The topological polar surface area (TPSA) is 26.3 Å². The van der Waals surface area contributed by atoms with Crippen molar-refractivity contribution in [3.05, 3.63) is 0 Å². The van der Waals surface area contributed by atoms with Crippen molar-refractivity contribution in [3.63, 3.8) is 0 Å². The summed E-state index contributed by atoms with van der Waals surface area (Å²) in [5, 5.41) is 0. The molecule has 4 rings (SSSR count). The molecule has 0 spiro atoms. The molecule has 0 aromatic carbocycles. The number of carbonyl (C=O) groups is 1. The SMILES string of the molecule is CCCCCCCCCCCCCCCC(=O)OC1CCC2(C)C3CCC4(C)C(C(C)CCCC(C)C)CCC4C3CC(Br)C2(Br)C1. The van der Waals surface area contributed by atoms with Crippen LogP contribution in [0.1, 0.15) is 202 Å². The molecule has 0 radical (unpaired) electrons. The summed E-state index contributed by atoms with van der Waals surface area (Å²) in [6, 6.07) is 0. The summed E-state index contributed by atoms with van der Waals surface area (Å²) in [5.74, 6) is 5.13. The second kappa shape index (κ2) is 18.8. The van der Waals surface area contributed by atoms with Gasteiger partial charge in [-0.3, -0.25) is 4.79 Å². The summed E-state index contributed by atoms with van der Waals surface area (Å²) in [5.41, 5.74) is 0.776. The summed E-state index contributed by atoms with van der Waals surface area (Å²) in [6.45, 7) is 15.0. The summed E-state index contributed by atoms with van der Waals surface area (Å²) >= 11 is 8.72. The molecule has 10 unspecified atom stereocenters. The molecule has 0 aromatic heterocycles. The molecule has 0 amide bonds. The van der Waals surface area contributed by atoms with Crippen LogP contribution >= 0.6 is 31.9 Å². The van der Waals surface area contributed by atoms with E-state index in [1.807, 2.05) is 0 Å². The van der Waals surface area contributed by atoms with Crippen molar-refractivity contribution in [1.29, 1.82) is 0 Å². The van der Waals surface area contributed by atoms with Gasteiger partial charge in [-0.15, -0.1) is 0 Å². The van der Waals surface area contributed by atoms with Gasteiger partial charge in [0.05, 0.1) is 0 Å². The lowest BCUT2D eigenvalue weighted by Gasteiger charge is -2.66. The van der Waals surface area contributed by atoms with E-state index in [-0.39, 0.29) is 21.8 Å². The van der Waals surface area contributed by atoms with Crippen molar-refractivity contribution < 1.29 is 9.53 Å². The first-order valence-electron chi connectivity index (χ1n) is 21.0. The lowest BCUT2D eigenvalue weighted by Crippen LogP contribution is -2.64. The molecule has 4 aliphatic rings. The molecule has 10 atom stereocenters. The number of rotatable bonds is 20. The van der Waals surface area contributed by atoms with Gasteiger partial charge in [-0.05, 0) is 97.7 Å². The van der Waals surface area contributed by atoms with Crippen molar-refractivity contribution >= 4 is 37.8 Å². The first-order valence-corrected chi connectivity index (χ1v) is 22.7. The quantitative estimate of drug-likeness (QED) is 0.0698. The lowest BCUT2D eigenvalue weighted by atomic mass is 9.44. The van der Waals surface area contributed by atoms with E-state index in [1.54, 1.807) is 0 Å². The van der Waals surface area contributed by atoms with E-state index < -0.39 is 0 Å². The maximum absolute atomic E-state index is 13.0. The van der Waals surface area contributed by atoms with Gasteiger partial charge in [-0.1, -0.05) is 170 Å².